The molecule has 0 saturated heterocycles. The van der Waals surface area contributed by atoms with Gasteiger partial charge in [-0.2, -0.15) is 5.10 Å². The van der Waals surface area contributed by atoms with Crippen LogP contribution in [0.3, 0.4) is 0 Å². The number of sulfonamides is 1. The minimum Gasteiger partial charge on any atom is -0.272 e. The molecule has 2 aromatic carbocycles. The smallest absolute Gasteiger partial charge is 0.272 e. The summed E-state index contributed by atoms with van der Waals surface area (Å²) in [7, 11) is -3.68. The van der Waals surface area contributed by atoms with Gasteiger partial charge in [0.15, 0.2) is 5.69 Å². The standard InChI is InChI=1S/C20H22N4O4S/c1-14(2)13-29(27,28)23-21-19(25)18-16-10-6-7-11-17(16)20(26)24(22-18)12-15-8-4-3-5-9-15/h3-11,14,23H,12-13H2,1-2H3,(H,21,25). The van der Waals surface area contributed by atoms with Crippen molar-refractivity contribution < 1.29 is 13.2 Å². The molecule has 0 fully saturated rings. The molecule has 3 aromatic rings. The van der Waals surface area contributed by atoms with Crippen LogP contribution in [-0.4, -0.2) is 29.9 Å². The summed E-state index contributed by atoms with van der Waals surface area (Å²) in [6.07, 6.45) is 0. The second-order valence-corrected chi connectivity index (χ2v) is 8.84. The molecule has 1 amide bonds. The van der Waals surface area contributed by atoms with Crippen molar-refractivity contribution in [3.05, 3.63) is 76.2 Å². The molecule has 0 aliphatic heterocycles. The zero-order chi connectivity index (χ0) is 21.0. The summed E-state index contributed by atoms with van der Waals surface area (Å²) in [5.74, 6) is -0.971. The molecule has 0 radical (unpaired) electrons. The van der Waals surface area contributed by atoms with Gasteiger partial charge in [-0.25, -0.2) is 13.1 Å². The second-order valence-electron chi connectivity index (χ2n) is 7.07. The highest BCUT2D eigenvalue weighted by molar-refractivity contribution is 7.89. The molecule has 0 atom stereocenters. The van der Waals surface area contributed by atoms with E-state index < -0.39 is 15.9 Å². The van der Waals surface area contributed by atoms with E-state index in [4.69, 9.17) is 0 Å². The Bertz CT molecular complexity index is 1190. The van der Waals surface area contributed by atoms with E-state index in [-0.39, 0.29) is 29.5 Å². The number of hydrogen-bond donors (Lipinski definition) is 2. The second kappa shape index (κ2) is 8.54. The van der Waals surface area contributed by atoms with Crippen LogP contribution in [0.5, 0.6) is 0 Å². The quantitative estimate of drug-likeness (QED) is 0.572. The molecule has 0 aliphatic carbocycles. The molecule has 0 spiro atoms. The maximum Gasteiger partial charge on any atom is 0.287 e. The van der Waals surface area contributed by atoms with Gasteiger partial charge in [-0.1, -0.05) is 62.4 Å². The molecule has 1 heterocycles. The van der Waals surface area contributed by atoms with Crippen LogP contribution in [0.15, 0.2) is 59.4 Å². The fourth-order valence-corrected chi connectivity index (χ4v) is 4.14. The van der Waals surface area contributed by atoms with Crippen molar-refractivity contribution in [1.82, 2.24) is 20.0 Å². The fourth-order valence-electron chi connectivity index (χ4n) is 2.93. The monoisotopic (exact) mass is 414 g/mol. The first-order chi connectivity index (χ1) is 13.8. The Morgan fingerprint density at radius 3 is 2.31 bits per heavy atom. The molecule has 29 heavy (non-hydrogen) atoms. The minimum atomic E-state index is -3.68. The average Bonchev–Trinajstić information content (AvgIpc) is 2.68. The van der Waals surface area contributed by atoms with Crippen LogP contribution >= 0.6 is 0 Å². The number of carbonyl (C=O) groups is 1. The number of hydrazine groups is 1. The van der Waals surface area contributed by atoms with Gasteiger partial charge >= 0.3 is 0 Å². The van der Waals surface area contributed by atoms with E-state index in [2.05, 4.69) is 15.4 Å². The van der Waals surface area contributed by atoms with Gasteiger partial charge in [0.25, 0.3) is 11.5 Å². The predicted octanol–water partition coefficient (Wildman–Crippen LogP) is 1.67. The van der Waals surface area contributed by atoms with Gasteiger partial charge in [-0.15, -0.1) is 4.83 Å². The normalized spacial score (nSPS) is 11.7. The fraction of sp³-hybridized carbons (Fsp3) is 0.250. The number of carbonyl (C=O) groups excluding carboxylic acids is 1. The van der Waals surface area contributed by atoms with Crippen molar-refractivity contribution >= 4 is 26.7 Å². The lowest BCUT2D eigenvalue weighted by Gasteiger charge is -2.13. The molecule has 2 N–H and O–H groups in total. The maximum absolute atomic E-state index is 12.8. The van der Waals surface area contributed by atoms with Crippen molar-refractivity contribution in [3.63, 3.8) is 0 Å². The molecular formula is C20H22N4O4S. The highest BCUT2D eigenvalue weighted by atomic mass is 32.2. The van der Waals surface area contributed by atoms with Crippen molar-refractivity contribution in [2.75, 3.05) is 5.75 Å². The van der Waals surface area contributed by atoms with E-state index in [1.165, 1.54) is 4.68 Å². The first kappa shape index (κ1) is 20.7. The maximum atomic E-state index is 12.8. The lowest BCUT2D eigenvalue weighted by Crippen LogP contribution is -2.44. The summed E-state index contributed by atoms with van der Waals surface area (Å²) in [4.78, 5) is 27.6. The van der Waals surface area contributed by atoms with Crippen LogP contribution in [0.4, 0.5) is 0 Å². The first-order valence-electron chi connectivity index (χ1n) is 9.10. The molecule has 0 unspecified atom stereocenters. The van der Waals surface area contributed by atoms with Gasteiger partial charge in [0.2, 0.25) is 10.0 Å². The van der Waals surface area contributed by atoms with Crippen molar-refractivity contribution in [1.29, 1.82) is 0 Å². The number of hydrogen-bond acceptors (Lipinski definition) is 5. The summed E-state index contributed by atoms with van der Waals surface area (Å²) in [5, 5.41) is 4.89. The number of nitrogens with one attached hydrogen (secondary N) is 2. The van der Waals surface area contributed by atoms with Crippen LogP contribution in [-0.2, 0) is 16.6 Å². The average molecular weight is 414 g/mol. The lowest BCUT2D eigenvalue weighted by atomic mass is 10.1. The molecule has 152 valence electrons. The number of aromatic nitrogens is 2. The zero-order valence-corrected chi connectivity index (χ0v) is 16.9. The van der Waals surface area contributed by atoms with Crippen molar-refractivity contribution in [2.24, 2.45) is 5.92 Å². The Balaban J connectivity index is 1.97. The minimum absolute atomic E-state index is 0.0385. The number of fused-ring (bicyclic) bond motifs is 1. The van der Waals surface area contributed by atoms with E-state index in [9.17, 15) is 18.0 Å². The summed E-state index contributed by atoms with van der Waals surface area (Å²) in [5.41, 5.74) is 2.67. The molecule has 8 nitrogen and oxygen atoms in total. The van der Waals surface area contributed by atoms with Crippen molar-refractivity contribution in [2.45, 2.75) is 20.4 Å². The summed E-state index contributed by atoms with van der Waals surface area (Å²) in [6.45, 7) is 3.70. The van der Waals surface area contributed by atoms with Gasteiger partial charge in [0.05, 0.1) is 17.7 Å². The van der Waals surface area contributed by atoms with Gasteiger partial charge in [0, 0.05) is 5.39 Å². The Labute approximate surface area is 168 Å². The summed E-state index contributed by atoms with van der Waals surface area (Å²) in [6, 6.07) is 15.9. The largest absolute Gasteiger partial charge is 0.287 e. The molecule has 0 saturated carbocycles. The molecule has 3 rings (SSSR count). The third-order valence-corrected chi connectivity index (χ3v) is 5.65. The van der Waals surface area contributed by atoms with Gasteiger partial charge in [0.1, 0.15) is 0 Å². The third-order valence-electron chi connectivity index (χ3n) is 4.13. The Morgan fingerprint density at radius 1 is 1.03 bits per heavy atom. The highest BCUT2D eigenvalue weighted by Crippen LogP contribution is 2.14. The van der Waals surface area contributed by atoms with E-state index in [1.54, 1.807) is 38.1 Å². The van der Waals surface area contributed by atoms with Gasteiger partial charge in [-0.05, 0) is 17.5 Å². The summed E-state index contributed by atoms with van der Waals surface area (Å²) < 4.78 is 25.2. The van der Waals surface area contributed by atoms with E-state index in [0.717, 1.165) is 5.56 Å². The van der Waals surface area contributed by atoms with Crippen LogP contribution < -0.4 is 15.8 Å². The Morgan fingerprint density at radius 2 is 1.66 bits per heavy atom. The van der Waals surface area contributed by atoms with Crippen LogP contribution in [0.25, 0.3) is 10.8 Å². The lowest BCUT2D eigenvalue weighted by molar-refractivity contribution is 0.0939. The topological polar surface area (TPSA) is 110 Å². The number of nitrogens with zero attached hydrogens (tertiary/aromatic N) is 2. The highest BCUT2D eigenvalue weighted by Gasteiger charge is 2.19. The molecular weight excluding hydrogens is 392 g/mol. The SMILES string of the molecule is CC(C)CS(=O)(=O)NNC(=O)c1nn(Cc2ccccc2)c(=O)c2ccccc12. The predicted molar refractivity (Wildman–Crippen MR) is 111 cm³/mol. The first-order valence-corrected chi connectivity index (χ1v) is 10.8. The third kappa shape index (κ3) is 5.07. The van der Waals surface area contributed by atoms with E-state index >= 15 is 0 Å². The Hall–Kier alpha value is -3.04. The summed E-state index contributed by atoms with van der Waals surface area (Å²) >= 11 is 0. The molecule has 1 aromatic heterocycles. The van der Waals surface area contributed by atoms with Gasteiger partial charge in [-0.3, -0.25) is 15.0 Å². The van der Waals surface area contributed by atoms with Crippen LogP contribution in [0.1, 0.15) is 29.9 Å². The van der Waals surface area contributed by atoms with Crippen molar-refractivity contribution in [3.8, 4) is 0 Å². The van der Waals surface area contributed by atoms with E-state index in [1.807, 2.05) is 30.3 Å². The Kier molecular flexibility index (Phi) is 6.09. The molecule has 0 bridgehead atoms. The number of benzene rings is 2. The van der Waals surface area contributed by atoms with Gasteiger partial charge < -0.3 is 0 Å². The van der Waals surface area contributed by atoms with Crippen LogP contribution in [0.2, 0.25) is 0 Å². The van der Waals surface area contributed by atoms with Crippen LogP contribution in [0, 0.1) is 5.92 Å². The number of amides is 1. The molecule has 9 heteroatoms. The number of rotatable bonds is 7. The zero-order valence-electron chi connectivity index (χ0n) is 16.1. The molecule has 0 aliphatic rings. The van der Waals surface area contributed by atoms with E-state index in [0.29, 0.717) is 10.8 Å².